The second kappa shape index (κ2) is 16.4. The Labute approximate surface area is 176 Å². The topological polar surface area (TPSA) is 96.2 Å². The molecule has 22 heavy (non-hydrogen) atoms. The molecule has 0 saturated heterocycles. The number of carbonyl (C=O) groups is 1. The molecule has 0 aliphatic carbocycles. The van der Waals surface area contributed by atoms with Gasteiger partial charge >= 0.3 is 57.4 Å². The van der Waals surface area contributed by atoms with Crippen LogP contribution in [0.4, 0.5) is 0 Å². The third kappa shape index (κ3) is 16.9. The van der Waals surface area contributed by atoms with Gasteiger partial charge in [-0.1, -0.05) is 32.6 Å². The molecular weight excluding hydrogens is 311 g/mol. The summed E-state index contributed by atoms with van der Waals surface area (Å²) in [5.74, 6) is -1.06. The molecule has 0 aromatic rings. The molecule has 1 atom stereocenters. The SMILES string of the molecule is CCCCCCCC([O-])=NCCN(CC(=O)O)CC(C)O.[K+]. The number of aliphatic imine (C=N–C) groups is 1. The molecule has 0 heterocycles. The summed E-state index contributed by atoms with van der Waals surface area (Å²) in [6, 6.07) is 0. The number of nitrogens with zero attached hydrogens (tertiary/aromatic N) is 2. The van der Waals surface area contributed by atoms with Crippen LogP contribution >= 0.6 is 0 Å². The van der Waals surface area contributed by atoms with E-state index in [1.165, 1.54) is 12.8 Å². The monoisotopic (exact) mass is 340 g/mol. The number of carboxylic acids is 1. The van der Waals surface area contributed by atoms with Gasteiger partial charge < -0.3 is 20.3 Å². The fraction of sp³-hybridized carbons (Fsp3) is 0.867. The maximum atomic E-state index is 11.6. The van der Waals surface area contributed by atoms with Gasteiger partial charge in [0.25, 0.3) is 0 Å². The quantitative estimate of drug-likeness (QED) is 0.173. The number of aliphatic carboxylic acids is 1. The van der Waals surface area contributed by atoms with Crippen LogP contribution in [-0.4, -0.2) is 59.3 Å². The molecule has 0 aliphatic heterocycles. The Hall–Kier alpha value is 0.496. The van der Waals surface area contributed by atoms with Gasteiger partial charge in [0.2, 0.25) is 0 Å². The van der Waals surface area contributed by atoms with Crippen molar-refractivity contribution in [2.75, 3.05) is 26.2 Å². The minimum absolute atomic E-state index is 0. The summed E-state index contributed by atoms with van der Waals surface area (Å²) in [5, 5.41) is 29.6. The molecule has 0 bridgehead atoms. The molecule has 0 amide bonds. The summed E-state index contributed by atoms with van der Waals surface area (Å²) < 4.78 is 0. The van der Waals surface area contributed by atoms with Crippen molar-refractivity contribution in [1.29, 1.82) is 0 Å². The van der Waals surface area contributed by atoms with E-state index in [4.69, 9.17) is 5.11 Å². The molecule has 124 valence electrons. The third-order valence-corrected chi connectivity index (χ3v) is 3.08. The number of aliphatic hydroxyl groups is 1. The minimum Gasteiger partial charge on any atom is -0.862 e. The van der Waals surface area contributed by atoms with Gasteiger partial charge in [-0.05, 0) is 25.7 Å². The van der Waals surface area contributed by atoms with Crippen LogP contribution in [0.1, 0.15) is 52.4 Å². The molecule has 1 unspecified atom stereocenters. The van der Waals surface area contributed by atoms with E-state index in [2.05, 4.69) is 11.9 Å². The average molecular weight is 341 g/mol. The van der Waals surface area contributed by atoms with Crippen LogP contribution in [-0.2, 0) is 4.79 Å². The molecule has 0 spiro atoms. The Morgan fingerprint density at radius 2 is 1.91 bits per heavy atom. The zero-order valence-electron chi connectivity index (χ0n) is 14.3. The van der Waals surface area contributed by atoms with Gasteiger partial charge in [-0.2, -0.15) is 0 Å². The molecule has 0 fully saturated rings. The van der Waals surface area contributed by atoms with Crippen LogP contribution in [0.3, 0.4) is 0 Å². The first-order chi connectivity index (χ1) is 9.95. The Morgan fingerprint density at radius 1 is 1.27 bits per heavy atom. The number of rotatable bonds is 13. The van der Waals surface area contributed by atoms with Gasteiger partial charge in [-0.3, -0.25) is 9.69 Å². The van der Waals surface area contributed by atoms with Gasteiger partial charge in [0, 0.05) is 13.1 Å². The van der Waals surface area contributed by atoms with Gasteiger partial charge in [-0.15, -0.1) is 0 Å². The molecule has 0 radical (unpaired) electrons. The van der Waals surface area contributed by atoms with E-state index < -0.39 is 12.1 Å². The van der Waals surface area contributed by atoms with Gasteiger partial charge in [0.1, 0.15) is 0 Å². The molecular formula is C15H29KN2O4. The fourth-order valence-electron chi connectivity index (χ4n) is 2.07. The molecule has 6 nitrogen and oxygen atoms in total. The number of aliphatic hydroxyl groups excluding tert-OH is 1. The van der Waals surface area contributed by atoms with E-state index in [9.17, 15) is 15.0 Å². The Kier molecular flexibility index (Phi) is 18.4. The smallest absolute Gasteiger partial charge is 0.862 e. The average Bonchev–Trinajstić information content (AvgIpc) is 2.37. The van der Waals surface area contributed by atoms with Gasteiger partial charge in [0.05, 0.1) is 19.2 Å². The summed E-state index contributed by atoms with van der Waals surface area (Å²) in [6.45, 7) is 4.54. The van der Waals surface area contributed by atoms with E-state index in [0.29, 0.717) is 13.0 Å². The second-order valence-electron chi connectivity index (χ2n) is 5.42. The molecule has 0 rings (SSSR count). The first-order valence-electron chi connectivity index (χ1n) is 7.78. The normalized spacial score (nSPS) is 13.0. The molecule has 0 saturated carbocycles. The molecule has 0 aromatic carbocycles. The van der Waals surface area contributed by atoms with Crippen LogP contribution in [0.15, 0.2) is 4.99 Å². The summed E-state index contributed by atoms with van der Waals surface area (Å²) >= 11 is 0. The molecule has 7 heteroatoms. The van der Waals surface area contributed by atoms with Crippen molar-refractivity contribution < 1.29 is 71.5 Å². The van der Waals surface area contributed by atoms with Crippen molar-refractivity contribution in [3.8, 4) is 0 Å². The van der Waals surface area contributed by atoms with E-state index >= 15 is 0 Å². The minimum atomic E-state index is -0.946. The van der Waals surface area contributed by atoms with E-state index in [0.717, 1.165) is 19.3 Å². The van der Waals surface area contributed by atoms with Crippen LogP contribution in [0.2, 0.25) is 0 Å². The first kappa shape index (κ1) is 24.7. The first-order valence-corrected chi connectivity index (χ1v) is 7.78. The van der Waals surface area contributed by atoms with Crippen LogP contribution in [0.5, 0.6) is 0 Å². The number of carboxylic acid groups (broad SMARTS) is 1. The summed E-state index contributed by atoms with van der Waals surface area (Å²) in [7, 11) is 0. The maximum Gasteiger partial charge on any atom is 1.00 e. The predicted octanol–water partition coefficient (Wildman–Crippen LogP) is -2.12. The summed E-state index contributed by atoms with van der Waals surface area (Å²) in [4.78, 5) is 16.2. The van der Waals surface area contributed by atoms with Crippen molar-refractivity contribution in [2.45, 2.75) is 58.5 Å². The van der Waals surface area contributed by atoms with E-state index in [-0.39, 0.29) is 76.9 Å². The second-order valence-corrected chi connectivity index (χ2v) is 5.42. The summed E-state index contributed by atoms with van der Waals surface area (Å²) in [6.07, 6.45) is 5.34. The van der Waals surface area contributed by atoms with Crippen molar-refractivity contribution in [3.63, 3.8) is 0 Å². The van der Waals surface area contributed by atoms with Crippen LogP contribution in [0, 0.1) is 0 Å². The Balaban J connectivity index is 0. The largest absolute Gasteiger partial charge is 1.00 e. The van der Waals surface area contributed by atoms with E-state index in [1.54, 1.807) is 11.8 Å². The number of hydrogen-bond donors (Lipinski definition) is 2. The number of hydrogen-bond acceptors (Lipinski definition) is 5. The maximum absolute atomic E-state index is 11.6. The van der Waals surface area contributed by atoms with Crippen LogP contribution in [0.25, 0.3) is 0 Å². The standard InChI is InChI=1S/C15H30N2O4.K/c1-3-4-5-6-7-8-14(19)16-9-10-17(11-13(2)18)12-15(20)21;/h13,18H,3-12H2,1-2H3,(H,16,19)(H,20,21);/q;+1/p-1. The zero-order valence-corrected chi connectivity index (χ0v) is 17.4. The van der Waals surface area contributed by atoms with Crippen molar-refractivity contribution in [3.05, 3.63) is 0 Å². The Morgan fingerprint density at radius 3 is 2.45 bits per heavy atom. The number of unbranched alkanes of at least 4 members (excludes halogenated alkanes) is 4. The molecule has 0 aliphatic rings. The zero-order chi connectivity index (χ0) is 16.1. The molecule has 0 aromatic heterocycles. The van der Waals surface area contributed by atoms with Crippen molar-refractivity contribution in [1.82, 2.24) is 4.90 Å². The predicted molar refractivity (Wildman–Crippen MR) is 81.4 cm³/mol. The van der Waals surface area contributed by atoms with Crippen molar-refractivity contribution >= 4 is 11.9 Å². The fourth-order valence-corrected chi connectivity index (χ4v) is 2.07. The molecule has 2 N–H and O–H groups in total. The van der Waals surface area contributed by atoms with E-state index in [1.807, 2.05) is 0 Å². The van der Waals surface area contributed by atoms with Gasteiger partial charge in [-0.25, -0.2) is 0 Å². The van der Waals surface area contributed by atoms with Crippen LogP contribution < -0.4 is 56.5 Å². The van der Waals surface area contributed by atoms with Gasteiger partial charge in [0.15, 0.2) is 0 Å². The Bertz CT molecular complexity index is 312. The summed E-state index contributed by atoms with van der Waals surface area (Å²) in [5.41, 5.74) is 0. The third-order valence-electron chi connectivity index (χ3n) is 3.08. The van der Waals surface area contributed by atoms with Crippen molar-refractivity contribution in [2.24, 2.45) is 4.99 Å².